The second-order valence-corrected chi connectivity index (χ2v) is 2.77. The lowest BCUT2D eigenvalue weighted by Crippen LogP contribution is -2.17. The Morgan fingerprint density at radius 2 is 2.15 bits per heavy atom. The molecule has 0 aliphatic heterocycles. The average molecular weight is 183 g/mol. The molecular weight excluding hydrogens is 169 g/mol. The fraction of sp³-hybridized carbons (Fsp3) is 0.333. The first-order valence-corrected chi connectivity index (χ1v) is 4.17. The molecule has 0 amide bonds. The number of rotatable bonds is 4. The Morgan fingerprint density at radius 3 is 2.77 bits per heavy atom. The minimum atomic E-state index is -0.380. The molecule has 0 saturated heterocycles. The monoisotopic (exact) mass is 183 g/mol. The number of hydrogen-bond donors (Lipinski definition) is 3. The molecule has 0 aliphatic rings. The lowest BCUT2D eigenvalue weighted by Gasteiger charge is -2.06. The molecule has 0 heterocycles. The van der Waals surface area contributed by atoms with E-state index in [-0.39, 0.29) is 11.5 Å². The average Bonchev–Trinajstić information content (AvgIpc) is 2.12. The molecule has 0 bridgehead atoms. The zero-order valence-corrected chi connectivity index (χ0v) is 7.60. The van der Waals surface area contributed by atoms with Gasteiger partial charge in [0.05, 0.1) is 5.69 Å². The third-order valence-corrected chi connectivity index (χ3v) is 1.70. The largest absolute Gasteiger partial charge is 0.396 e. The van der Waals surface area contributed by atoms with Crippen molar-refractivity contribution in [1.82, 2.24) is 5.32 Å². The molecule has 0 atom stereocenters. The molecule has 4 N–H and O–H groups in total. The minimum Gasteiger partial charge on any atom is -0.396 e. The fourth-order valence-corrected chi connectivity index (χ4v) is 0.969. The van der Waals surface area contributed by atoms with Crippen LogP contribution in [0.3, 0.4) is 0 Å². The van der Waals surface area contributed by atoms with Gasteiger partial charge in [-0.3, -0.25) is 0 Å². The van der Waals surface area contributed by atoms with Gasteiger partial charge in [0.1, 0.15) is 5.82 Å². The number of halogens is 1. The smallest absolute Gasteiger partial charge is 0.148 e. The summed E-state index contributed by atoms with van der Waals surface area (Å²) in [7, 11) is 1.87. The van der Waals surface area contributed by atoms with Crippen molar-refractivity contribution in [3.05, 3.63) is 24.0 Å². The maximum atomic E-state index is 12.9. The Labute approximate surface area is 77.1 Å². The van der Waals surface area contributed by atoms with E-state index in [4.69, 9.17) is 5.73 Å². The lowest BCUT2D eigenvalue weighted by molar-refractivity contribution is 0.633. The van der Waals surface area contributed by atoms with E-state index in [1.807, 2.05) is 7.05 Å². The molecular formula is C9H14FN3. The number of hydrogen-bond acceptors (Lipinski definition) is 3. The lowest BCUT2D eigenvalue weighted by atomic mass is 10.2. The van der Waals surface area contributed by atoms with Gasteiger partial charge in [-0.1, -0.05) is 0 Å². The molecule has 13 heavy (non-hydrogen) atoms. The van der Waals surface area contributed by atoms with Crippen LogP contribution >= 0.6 is 0 Å². The van der Waals surface area contributed by atoms with Gasteiger partial charge >= 0.3 is 0 Å². The highest BCUT2D eigenvalue weighted by molar-refractivity contribution is 5.52. The van der Waals surface area contributed by atoms with Gasteiger partial charge < -0.3 is 16.4 Å². The van der Waals surface area contributed by atoms with Gasteiger partial charge in [0, 0.05) is 18.8 Å². The molecule has 0 saturated carbocycles. The van der Waals surface area contributed by atoms with Gasteiger partial charge in [-0.15, -0.1) is 0 Å². The van der Waals surface area contributed by atoms with Crippen LogP contribution in [0.4, 0.5) is 15.8 Å². The standard InChI is InChI=1S/C9H14FN3/c1-12-4-5-13-7-2-3-9(11)8(10)6-7/h2-3,6,12-13H,4-5,11H2,1H3. The van der Waals surface area contributed by atoms with E-state index in [2.05, 4.69) is 10.6 Å². The Hall–Kier alpha value is -1.29. The van der Waals surface area contributed by atoms with Gasteiger partial charge in [-0.2, -0.15) is 0 Å². The summed E-state index contributed by atoms with van der Waals surface area (Å²) in [6.45, 7) is 1.60. The second kappa shape index (κ2) is 4.67. The third kappa shape index (κ3) is 2.91. The molecule has 3 nitrogen and oxygen atoms in total. The first kappa shape index (κ1) is 9.80. The number of nitrogen functional groups attached to an aromatic ring is 1. The summed E-state index contributed by atoms with van der Waals surface area (Å²) in [5.74, 6) is -0.380. The molecule has 4 heteroatoms. The molecule has 0 unspecified atom stereocenters. The van der Waals surface area contributed by atoms with Gasteiger partial charge in [0.2, 0.25) is 0 Å². The highest BCUT2D eigenvalue weighted by Gasteiger charge is 1.98. The van der Waals surface area contributed by atoms with Crippen LogP contribution in [0, 0.1) is 5.82 Å². The molecule has 0 aromatic heterocycles. The summed E-state index contributed by atoms with van der Waals surface area (Å²) in [5, 5.41) is 6.04. The van der Waals surface area contributed by atoms with Crippen LogP contribution in [0.25, 0.3) is 0 Å². The van der Waals surface area contributed by atoms with Crippen LogP contribution in [-0.2, 0) is 0 Å². The Bertz CT molecular complexity index is 276. The van der Waals surface area contributed by atoms with Crippen LogP contribution in [-0.4, -0.2) is 20.1 Å². The van der Waals surface area contributed by atoms with Crippen LogP contribution < -0.4 is 16.4 Å². The van der Waals surface area contributed by atoms with E-state index < -0.39 is 0 Å². The molecule has 1 aromatic rings. The van der Waals surface area contributed by atoms with Crippen LogP contribution in [0.15, 0.2) is 18.2 Å². The topological polar surface area (TPSA) is 50.1 Å². The highest BCUT2D eigenvalue weighted by atomic mass is 19.1. The van der Waals surface area contributed by atoms with Crippen molar-refractivity contribution in [2.45, 2.75) is 0 Å². The molecule has 0 fully saturated rings. The van der Waals surface area contributed by atoms with Crippen molar-refractivity contribution in [2.24, 2.45) is 0 Å². The maximum absolute atomic E-state index is 12.9. The SMILES string of the molecule is CNCCNc1ccc(N)c(F)c1. The number of likely N-dealkylation sites (N-methyl/N-ethyl adjacent to an activating group) is 1. The summed E-state index contributed by atoms with van der Waals surface area (Å²) in [6, 6.07) is 4.70. The number of anilines is 2. The Morgan fingerprint density at radius 1 is 1.38 bits per heavy atom. The maximum Gasteiger partial charge on any atom is 0.148 e. The molecule has 72 valence electrons. The van der Waals surface area contributed by atoms with Crippen molar-refractivity contribution in [3.63, 3.8) is 0 Å². The normalized spacial score (nSPS) is 10.0. The van der Waals surface area contributed by atoms with Gasteiger partial charge in [-0.05, 0) is 25.2 Å². The quantitative estimate of drug-likeness (QED) is 0.483. The van der Waals surface area contributed by atoms with E-state index in [0.717, 1.165) is 18.8 Å². The van der Waals surface area contributed by atoms with Gasteiger partial charge in [0.25, 0.3) is 0 Å². The minimum absolute atomic E-state index is 0.180. The fourth-order valence-electron chi connectivity index (χ4n) is 0.969. The van der Waals surface area contributed by atoms with Gasteiger partial charge in [0.15, 0.2) is 0 Å². The predicted octanol–water partition coefficient (Wildman–Crippen LogP) is 1.04. The van der Waals surface area contributed by atoms with Crippen molar-refractivity contribution >= 4 is 11.4 Å². The summed E-state index contributed by atoms with van der Waals surface area (Å²) in [6.07, 6.45) is 0. The van der Waals surface area contributed by atoms with E-state index in [9.17, 15) is 4.39 Å². The zero-order valence-electron chi connectivity index (χ0n) is 7.60. The third-order valence-electron chi connectivity index (χ3n) is 1.70. The van der Waals surface area contributed by atoms with E-state index >= 15 is 0 Å². The van der Waals surface area contributed by atoms with E-state index in [1.165, 1.54) is 6.07 Å². The molecule has 1 rings (SSSR count). The first-order chi connectivity index (χ1) is 6.24. The van der Waals surface area contributed by atoms with E-state index in [0.29, 0.717) is 0 Å². The molecule has 0 aliphatic carbocycles. The molecule has 0 radical (unpaired) electrons. The Kier molecular flexibility index (Phi) is 3.52. The van der Waals surface area contributed by atoms with Gasteiger partial charge in [-0.25, -0.2) is 4.39 Å². The van der Waals surface area contributed by atoms with Crippen molar-refractivity contribution in [2.75, 3.05) is 31.2 Å². The van der Waals surface area contributed by atoms with E-state index in [1.54, 1.807) is 12.1 Å². The summed E-state index contributed by atoms with van der Waals surface area (Å²) < 4.78 is 12.9. The van der Waals surface area contributed by atoms with Crippen molar-refractivity contribution in [3.8, 4) is 0 Å². The number of nitrogens with one attached hydrogen (secondary N) is 2. The number of nitrogens with two attached hydrogens (primary N) is 1. The van der Waals surface area contributed by atoms with Crippen LogP contribution in [0.1, 0.15) is 0 Å². The van der Waals surface area contributed by atoms with Crippen molar-refractivity contribution in [1.29, 1.82) is 0 Å². The summed E-state index contributed by atoms with van der Waals surface area (Å²) in [5.41, 5.74) is 6.26. The summed E-state index contributed by atoms with van der Waals surface area (Å²) >= 11 is 0. The van der Waals surface area contributed by atoms with Crippen molar-refractivity contribution < 1.29 is 4.39 Å². The molecule has 0 spiro atoms. The highest BCUT2D eigenvalue weighted by Crippen LogP contribution is 2.15. The van der Waals surface area contributed by atoms with Crippen LogP contribution in [0.2, 0.25) is 0 Å². The van der Waals surface area contributed by atoms with Crippen LogP contribution in [0.5, 0.6) is 0 Å². The molecule has 1 aromatic carbocycles. The predicted molar refractivity (Wildman–Crippen MR) is 53.2 cm³/mol. The number of benzene rings is 1. The Balaban J connectivity index is 2.53. The second-order valence-electron chi connectivity index (χ2n) is 2.77. The summed E-state index contributed by atoms with van der Waals surface area (Å²) in [4.78, 5) is 0. The zero-order chi connectivity index (χ0) is 9.68. The first-order valence-electron chi connectivity index (χ1n) is 4.17.